The van der Waals surface area contributed by atoms with Gasteiger partial charge < -0.3 is 10.1 Å². The first-order valence-electron chi connectivity index (χ1n) is 7.04. The number of carbonyl (C=O) groups excluding carboxylic acids is 1. The van der Waals surface area contributed by atoms with Crippen molar-refractivity contribution in [2.24, 2.45) is 0 Å². The number of fused-ring (bicyclic) bond motifs is 1. The fraction of sp³-hybridized carbons (Fsp3) is 0.500. The number of carbonyl (C=O) groups is 1. The molecule has 114 valence electrons. The molecule has 1 saturated heterocycles. The molecule has 21 heavy (non-hydrogen) atoms. The maximum absolute atomic E-state index is 11.8. The van der Waals surface area contributed by atoms with Gasteiger partial charge in [0, 0.05) is 13.0 Å². The third kappa shape index (κ3) is 3.19. The van der Waals surface area contributed by atoms with Crippen LogP contribution in [0, 0.1) is 0 Å². The molecule has 2 heterocycles. The van der Waals surface area contributed by atoms with Crippen molar-refractivity contribution in [3.63, 3.8) is 0 Å². The van der Waals surface area contributed by atoms with Crippen LogP contribution in [0.2, 0.25) is 0 Å². The van der Waals surface area contributed by atoms with Crippen molar-refractivity contribution in [3.8, 4) is 5.75 Å². The molecule has 0 bridgehead atoms. The summed E-state index contributed by atoms with van der Waals surface area (Å²) >= 11 is 0. The maximum atomic E-state index is 11.8. The monoisotopic (exact) mass is 310 g/mol. The van der Waals surface area contributed by atoms with Crippen LogP contribution in [0.4, 0.5) is 0 Å². The molecule has 1 fully saturated rings. The van der Waals surface area contributed by atoms with Crippen LogP contribution >= 0.6 is 0 Å². The van der Waals surface area contributed by atoms with Gasteiger partial charge in [0.25, 0.3) is 0 Å². The van der Waals surface area contributed by atoms with Crippen molar-refractivity contribution in [2.75, 3.05) is 25.4 Å². The van der Waals surface area contributed by atoms with E-state index >= 15 is 0 Å². The Morgan fingerprint density at radius 1 is 1.38 bits per heavy atom. The van der Waals surface area contributed by atoms with Crippen LogP contribution in [-0.4, -0.2) is 50.1 Å². The number of nitrogens with one attached hydrogen (secondary N) is 1. The van der Waals surface area contributed by atoms with E-state index in [0.717, 1.165) is 17.7 Å². The topological polar surface area (TPSA) is 75.7 Å². The third-order valence-electron chi connectivity index (χ3n) is 3.76. The summed E-state index contributed by atoms with van der Waals surface area (Å²) in [5.41, 5.74) is 1.14. The van der Waals surface area contributed by atoms with Gasteiger partial charge in [-0.1, -0.05) is 18.2 Å². The molecule has 0 radical (unpaired) electrons. The van der Waals surface area contributed by atoms with Crippen LogP contribution in [0.25, 0.3) is 0 Å². The second-order valence-electron chi connectivity index (χ2n) is 5.36. The lowest BCUT2D eigenvalue weighted by molar-refractivity contribution is -0.121. The van der Waals surface area contributed by atoms with Gasteiger partial charge in [-0.05, 0) is 18.1 Å². The van der Waals surface area contributed by atoms with E-state index in [1.165, 1.54) is 4.31 Å². The van der Waals surface area contributed by atoms with E-state index in [-0.39, 0.29) is 24.3 Å². The van der Waals surface area contributed by atoms with Gasteiger partial charge in [0.1, 0.15) is 11.9 Å². The number of ether oxygens (including phenoxy) is 1. The highest BCUT2D eigenvalue weighted by Crippen LogP contribution is 2.27. The van der Waals surface area contributed by atoms with Crippen LogP contribution in [0.1, 0.15) is 12.0 Å². The Hall–Kier alpha value is -1.60. The SMILES string of the molecule is O=C(CN1CCCS1(=O)=O)NCC1Cc2ccccc2O1. The highest BCUT2D eigenvalue weighted by molar-refractivity contribution is 7.89. The summed E-state index contributed by atoms with van der Waals surface area (Å²) in [7, 11) is -3.22. The van der Waals surface area contributed by atoms with Crippen molar-refractivity contribution in [1.29, 1.82) is 0 Å². The minimum atomic E-state index is -3.22. The van der Waals surface area contributed by atoms with Gasteiger partial charge in [0.2, 0.25) is 15.9 Å². The maximum Gasteiger partial charge on any atom is 0.235 e. The number of benzene rings is 1. The lowest BCUT2D eigenvalue weighted by Gasteiger charge is -2.15. The summed E-state index contributed by atoms with van der Waals surface area (Å²) in [5, 5.41) is 2.75. The second-order valence-corrected chi connectivity index (χ2v) is 7.45. The fourth-order valence-electron chi connectivity index (χ4n) is 2.68. The lowest BCUT2D eigenvalue weighted by atomic mass is 10.1. The van der Waals surface area contributed by atoms with E-state index in [2.05, 4.69) is 5.32 Å². The zero-order valence-electron chi connectivity index (χ0n) is 11.6. The Balaban J connectivity index is 1.47. The Kier molecular flexibility index (Phi) is 3.86. The van der Waals surface area contributed by atoms with Gasteiger partial charge in [-0.3, -0.25) is 4.79 Å². The number of hydrogen-bond donors (Lipinski definition) is 1. The standard InChI is InChI=1S/C14H18N2O4S/c17-14(10-16-6-3-7-21(16,18)19)15-9-12-8-11-4-1-2-5-13(11)20-12/h1-2,4-5,12H,3,6-10H2,(H,15,17). The van der Waals surface area contributed by atoms with Gasteiger partial charge in [-0.2, -0.15) is 4.31 Å². The Labute approximate surface area is 124 Å². The normalized spacial score (nSPS) is 23.5. The number of nitrogens with zero attached hydrogens (tertiary/aromatic N) is 1. The average molecular weight is 310 g/mol. The first-order chi connectivity index (χ1) is 10.0. The highest BCUT2D eigenvalue weighted by atomic mass is 32.2. The van der Waals surface area contributed by atoms with Gasteiger partial charge in [0.05, 0.1) is 18.8 Å². The number of amides is 1. The third-order valence-corrected chi connectivity index (χ3v) is 5.67. The molecule has 1 amide bonds. The zero-order chi connectivity index (χ0) is 14.9. The molecule has 1 unspecified atom stereocenters. The first-order valence-corrected chi connectivity index (χ1v) is 8.64. The number of sulfonamides is 1. The Bertz CT molecular complexity index is 619. The molecule has 0 saturated carbocycles. The van der Waals surface area contributed by atoms with Gasteiger partial charge in [-0.15, -0.1) is 0 Å². The van der Waals surface area contributed by atoms with Crippen molar-refractivity contribution >= 4 is 15.9 Å². The second kappa shape index (κ2) is 5.65. The summed E-state index contributed by atoms with van der Waals surface area (Å²) in [5.74, 6) is 0.723. The van der Waals surface area contributed by atoms with Crippen LogP contribution in [0.5, 0.6) is 5.75 Å². The van der Waals surface area contributed by atoms with Crippen LogP contribution in [0.15, 0.2) is 24.3 Å². The Morgan fingerprint density at radius 3 is 2.90 bits per heavy atom. The molecule has 1 aromatic rings. The predicted molar refractivity (Wildman–Crippen MR) is 77.5 cm³/mol. The zero-order valence-corrected chi connectivity index (χ0v) is 12.4. The van der Waals surface area contributed by atoms with E-state index in [4.69, 9.17) is 4.74 Å². The molecule has 7 heteroatoms. The van der Waals surface area contributed by atoms with E-state index in [9.17, 15) is 13.2 Å². The van der Waals surface area contributed by atoms with Crippen molar-refractivity contribution < 1.29 is 17.9 Å². The van der Waals surface area contributed by atoms with Crippen LogP contribution < -0.4 is 10.1 Å². The minimum absolute atomic E-state index is 0.0819. The minimum Gasteiger partial charge on any atom is -0.488 e. The van der Waals surface area contributed by atoms with Crippen LogP contribution in [0.3, 0.4) is 0 Å². The highest BCUT2D eigenvalue weighted by Gasteiger charge is 2.30. The number of hydrogen-bond acceptors (Lipinski definition) is 4. The van der Waals surface area contributed by atoms with Crippen molar-refractivity contribution in [1.82, 2.24) is 9.62 Å². The summed E-state index contributed by atoms with van der Waals surface area (Å²) in [6, 6.07) is 7.79. The van der Waals surface area contributed by atoms with Crippen LogP contribution in [-0.2, 0) is 21.2 Å². The van der Waals surface area contributed by atoms with Gasteiger partial charge >= 0.3 is 0 Å². The molecule has 1 aromatic carbocycles. The predicted octanol–water partition coefficient (Wildman–Crippen LogP) is 0.142. The van der Waals surface area contributed by atoms with E-state index in [1.807, 2.05) is 24.3 Å². The van der Waals surface area contributed by atoms with Gasteiger partial charge in [0.15, 0.2) is 0 Å². The molecule has 0 spiro atoms. The summed E-state index contributed by atoms with van der Waals surface area (Å²) in [6.45, 7) is 0.727. The average Bonchev–Trinajstić information content (AvgIpc) is 3.00. The molecular formula is C14H18N2O4S. The van der Waals surface area contributed by atoms with Crippen molar-refractivity contribution in [2.45, 2.75) is 18.9 Å². The molecule has 1 N–H and O–H groups in total. The molecule has 0 aliphatic carbocycles. The van der Waals surface area contributed by atoms with Gasteiger partial charge in [-0.25, -0.2) is 8.42 Å². The molecule has 3 rings (SSSR count). The number of para-hydroxylation sites is 1. The molecule has 1 atom stereocenters. The summed E-state index contributed by atoms with van der Waals surface area (Å²) < 4.78 is 30.2. The fourth-order valence-corrected chi connectivity index (χ4v) is 4.15. The van der Waals surface area contributed by atoms with E-state index in [1.54, 1.807) is 0 Å². The molecular weight excluding hydrogens is 292 g/mol. The van der Waals surface area contributed by atoms with E-state index in [0.29, 0.717) is 19.5 Å². The largest absolute Gasteiger partial charge is 0.488 e. The summed E-state index contributed by atoms with van der Waals surface area (Å²) in [6.07, 6.45) is 1.27. The lowest BCUT2D eigenvalue weighted by Crippen LogP contribution is -2.41. The quantitative estimate of drug-likeness (QED) is 0.858. The molecule has 6 nitrogen and oxygen atoms in total. The first kappa shape index (κ1) is 14.3. The molecule has 2 aliphatic rings. The molecule has 0 aromatic heterocycles. The van der Waals surface area contributed by atoms with Crippen molar-refractivity contribution in [3.05, 3.63) is 29.8 Å². The smallest absolute Gasteiger partial charge is 0.235 e. The number of rotatable bonds is 4. The van der Waals surface area contributed by atoms with E-state index < -0.39 is 10.0 Å². The molecule has 2 aliphatic heterocycles. The summed E-state index contributed by atoms with van der Waals surface area (Å²) in [4.78, 5) is 11.8. The Morgan fingerprint density at radius 2 is 2.19 bits per heavy atom.